The smallest absolute Gasteiger partial charge is 0.449 e. The summed E-state index contributed by atoms with van der Waals surface area (Å²) in [5.74, 6) is 0.172. The molecule has 2 aliphatic rings. The lowest BCUT2D eigenvalue weighted by Crippen LogP contribution is -2.41. The SMILES string of the molecule is NC1=NC(=O)N([C@H]2C[C@H](OP(=O)(O)O)[C@@H](CO)O2)[CH-]C1. The number of carbonyl (C=O) groups excluding carboxylic acids is 1. The molecule has 0 bridgehead atoms. The van der Waals surface area contributed by atoms with Gasteiger partial charge in [-0.3, -0.25) is 4.52 Å². The van der Waals surface area contributed by atoms with E-state index in [1.165, 1.54) is 11.4 Å². The van der Waals surface area contributed by atoms with Gasteiger partial charge in [-0.05, 0) is 0 Å². The summed E-state index contributed by atoms with van der Waals surface area (Å²) >= 11 is 0. The molecule has 20 heavy (non-hydrogen) atoms. The van der Waals surface area contributed by atoms with Crippen molar-refractivity contribution in [2.24, 2.45) is 10.7 Å². The maximum atomic E-state index is 11.7. The molecule has 0 radical (unpaired) electrons. The third-order valence-electron chi connectivity index (χ3n) is 2.90. The van der Waals surface area contributed by atoms with E-state index in [2.05, 4.69) is 9.52 Å². The number of hydrogen-bond donors (Lipinski definition) is 4. The summed E-state index contributed by atoms with van der Waals surface area (Å²) in [5.41, 5.74) is 5.41. The monoisotopic (exact) mass is 308 g/mol. The first-order valence-corrected chi connectivity index (χ1v) is 7.32. The first kappa shape index (κ1) is 15.4. The Hall–Kier alpha value is -1.03. The maximum absolute atomic E-state index is 11.7. The van der Waals surface area contributed by atoms with Crippen LogP contribution in [0.25, 0.3) is 0 Å². The van der Waals surface area contributed by atoms with Gasteiger partial charge in [0.25, 0.3) is 0 Å². The number of amidine groups is 1. The van der Waals surface area contributed by atoms with Gasteiger partial charge in [-0.2, -0.15) is 4.99 Å². The van der Waals surface area contributed by atoms with Crippen LogP contribution in [0.2, 0.25) is 0 Å². The van der Waals surface area contributed by atoms with Crippen molar-refractivity contribution in [3.8, 4) is 0 Å². The van der Waals surface area contributed by atoms with Crippen LogP contribution in [0, 0.1) is 6.54 Å². The van der Waals surface area contributed by atoms with Crippen molar-refractivity contribution in [3.05, 3.63) is 6.54 Å². The van der Waals surface area contributed by atoms with Crippen LogP contribution >= 0.6 is 7.82 Å². The Morgan fingerprint density at radius 2 is 2.30 bits per heavy atom. The van der Waals surface area contributed by atoms with E-state index in [4.69, 9.17) is 25.4 Å². The summed E-state index contributed by atoms with van der Waals surface area (Å²) in [7, 11) is -4.71. The van der Waals surface area contributed by atoms with Crippen molar-refractivity contribution in [3.63, 3.8) is 0 Å². The van der Waals surface area contributed by atoms with Gasteiger partial charge >= 0.3 is 13.9 Å². The molecule has 5 N–H and O–H groups in total. The van der Waals surface area contributed by atoms with Gasteiger partial charge in [-0.15, -0.1) is 6.42 Å². The summed E-state index contributed by atoms with van der Waals surface area (Å²) < 4.78 is 20.8. The Balaban J connectivity index is 2.05. The van der Waals surface area contributed by atoms with Crippen molar-refractivity contribution in [1.82, 2.24) is 4.90 Å². The highest BCUT2D eigenvalue weighted by Crippen LogP contribution is 2.42. The molecule has 2 rings (SSSR count). The summed E-state index contributed by atoms with van der Waals surface area (Å²) in [5, 5.41) is 9.14. The minimum Gasteiger partial charge on any atom is -0.449 e. The van der Waals surface area contributed by atoms with Crippen LogP contribution in [-0.4, -0.2) is 56.7 Å². The van der Waals surface area contributed by atoms with Crippen molar-refractivity contribution < 1.29 is 33.5 Å². The molecule has 10 nitrogen and oxygen atoms in total. The van der Waals surface area contributed by atoms with Gasteiger partial charge < -0.3 is 30.3 Å². The lowest BCUT2D eigenvalue weighted by atomic mass is 10.2. The van der Waals surface area contributed by atoms with Crippen molar-refractivity contribution in [2.75, 3.05) is 6.61 Å². The summed E-state index contributed by atoms with van der Waals surface area (Å²) in [4.78, 5) is 34.0. The molecule has 0 aliphatic carbocycles. The van der Waals surface area contributed by atoms with E-state index in [1.807, 2.05) is 0 Å². The second-order valence-corrected chi connectivity index (χ2v) is 5.55. The van der Waals surface area contributed by atoms with Crippen LogP contribution in [0.1, 0.15) is 12.8 Å². The van der Waals surface area contributed by atoms with Gasteiger partial charge in [-0.1, -0.05) is 0 Å². The van der Waals surface area contributed by atoms with Gasteiger partial charge in [-0.25, -0.2) is 15.9 Å². The van der Waals surface area contributed by atoms with Crippen LogP contribution in [0.5, 0.6) is 0 Å². The van der Waals surface area contributed by atoms with Gasteiger partial charge in [0, 0.05) is 6.42 Å². The van der Waals surface area contributed by atoms with Crippen molar-refractivity contribution >= 4 is 19.7 Å². The zero-order valence-electron chi connectivity index (χ0n) is 10.3. The molecule has 0 saturated carbocycles. The van der Waals surface area contributed by atoms with Crippen molar-refractivity contribution in [2.45, 2.75) is 31.3 Å². The standard InChI is InChI=1S/C9H15N3O7P/c10-7-1-2-12(9(14)11-7)8-3-5(6(4-13)18-8)19-20(15,16)17/h2,5-6,8,13H,1,3-4H2,(H2,10,11,14)(H2,15,16,17)/q-1/t5-,6+,8+/m0/s1. The minimum atomic E-state index is -4.71. The van der Waals surface area contributed by atoms with Crippen LogP contribution in [0.15, 0.2) is 4.99 Å². The minimum absolute atomic E-state index is 0.00794. The molecule has 2 aliphatic heterocycles. The highest BCUT2D eigenvalue weighted by molar-refractivity contribution is 7.46. The normalized spacial score (nSPS) is 31.6. The molecule has 114 valence electrons. The average Bonchev–Trinajstić information content (AvgIpc) is 2.69. The molecule has 0 aromatic rings. The quantitative estimate of drug-likeness (QED) is 0.377. The lowest BCUT2D eigenvalue weighted by molar-refractivity contribution is -0.0564. The molecular formula is C9H15N3O7P-. The average molecular weight is 308 g/mol. The van der Waals surface area contributed by atoms with E-state index in [-0.39, 0.29) is 18.7 Å². The number of nitrogens with two attached hydrogens (primary N) is 1. The molecular weight excluding hydrogens is 293 g/mol. The van der Waals surface area contributed by atoms with E-state index in [0.29, 0.717) is 0 Å². The number of carbonyl (C=O) groups is 1. The number of aliphatic hydroxyl groups excluding tert-OH is 1. The van der Waals surface area contributed by atoms with Crippen LogP contribution < -0.4 is 5.73 Å². The Bertz CT molecular complexity index is 464. The summed E-state index contributed by atoms with van der Waals surface area (Å²) in [6, 6.07) is -0.632. The number of hydrogen-bond acceptors (Lipinski definition) is 6. The Morgan fingerprint density at radius 3 is 2.85 bits per heavy atom. The maximum Gasteiger partial charge on any atom is 0.469 e. The number of aliphatic imine (C=N–C) groups is 1. The number of urea groups is 1. The molecule has 0 aromatic heterocycles. The predicted molar refractivity (Wildman–Crippen MR) is 65.1 cm³/mol. The van der Waals surface area contributed by atoms with Crippen LogP contribution in [0.3, 0.4) is 0 Å². The fourth-order valence-electron chi connectivity index (χ4n) is 2.06. The van der Waals surface area contributed by atoms with Crippen LogP contribution in [-0.2, 0) is 13.8 Å². The Labute approximate surface area is 114 Å². The first-order chi connectivity index (χ1) is 9.30. The number of aliphatic hydroxyl groups is 1. The van der Waals surface area contributed by atoms with E-state index in [1.54, 1.807) is 0 Å². The number of phosphoric ester groups is 1. The number of amides is 2. The molecule has 0 aromatic carbocycles. The summed E-state index contributed by atoms with van der Waals surface area (Å²) in [6.07, 6.45) is -2.49. The zero-order valence-corrected chi connectivity index (χ0v) is 11.2. The number of nitrogens with zero attached hydrogens (tertiary/aromatic N) is 2. The van der Waals surface area contributed by atoms with Crippen molar-refractivity contribution in [1.29, 1.82) is 0 Å². The van der Waals surface area contributed by atoms with E-state index < -0.39 is 38.9 Å². The Kier molecular flexibility index (Phi) is 4.43. The van der Waals surface area contributed by atoms with E-state index in [0.717, 1.165) is 0 Å². The lowest BCUT2D eigenvalue weighted by Gasteiger charge is -2.38. The highest BCUT2D eigenvalue weighted by Gasteiger charge is 2.41. The number of ether oxygens (including phenoxy) is 1. The molecule has 0 spiro atoms. The second kappa shape index (κ2) is 5.76. The fourth-order valence-corrected chi connectivity index (χ4v) is 2.63. The Morgan fingerprint density at radius 1 is 1.60 bits per heavy atom. The van der Waals surface area contributed by atoms with E-state index >= 15 is 0 Å². The third-order valence-corrected chi connectivity index (χ3v) is 3.45. The molecule has 1 saturated heterocycles. The molecule has 2 heterocycles. The van der Waals surface area contributed by atoms with Crippen LogP contribution in [0.4, 0.5) is 4.79 Å². The predicted octanol–water partition coefficient (Wildman–Crippen LogP) is -1.08. The molecule has 11 heteroatoms. The number of rotatable bonds is 4. The second-order valence-electron chi connectivity index (χ2n) is 4.36. The molecule has 2 amide bonds. The third kappa shape index (κ3) is 3.54. The van der Waals surface area contributed by atoms with Gasteiger partial charge in [0.1, 0.15) is 18.4 Å². The molecule has 3 atom stereocenters. The largest absolute Gasteiger partial charge is 0.469 e. The van der Waals surface area contributed by atoms with E-state index in [9.17, 15) is 9.36 Å². The highest BCUT2D eigenvalue weighted by atomic mass is 31.2. The van der Waals surface area contributed by atoms with Gasteiger partial charge in [0.05, 0.1) is 12.4 Å². The zero-order chi connectivity index (χ0) is 14.9. The topological polar surface area (TPSA) is 155 Å². The summed E-state index contributed by atoms with van der Waals surface area (Å²) in [6.45, 7) is 0.984. The fraction of sp³-hybridized carbons (Fsp3) is 0.667. The number of phosphoric acid groups is 1. The van der Waals surface area contributed by atoms with Gasteiger partial charge in [0.15, 0.2) is 0 Å². The molecule has 1 fully saturated rings. The molecule has 0 unspecified atom stereocenters. The van der Waals surface area contributed by atoms with Gasteiger partial charge in [0.2, 0.25) is 0 Å². The first-order valence-electron chi connectivity index (χ1n) is 5.79.